The summed E-state index contributed by atoms with van der Waals surface area (Å²) in [6, 6.07) is 0. The van der Waals surface area contributed by atoms with Gasteiger partial charge in [0.2, 0.25) is 0 Å². The standard InChI is InChI=1S/C12H26N2O2/c1-12(2,3)16-10-11(15)9-14-7-5-13(4)6-8-14/h11,15H,5-10H2,1-4H3/t11-/m1/s1. The van der Waals surface area contributed by atoms with Gasteiger partial charge in [0.05, 0.1) is 18.3 Å². The monoisotopic (exact) mass is 230 g/mol. The van der Waals surface area contributed by atoms with Gasteiger partial charge < -0.3 is 14.7 Å². The van der Waals surface area contributed by atoms with Gasteiger partial charge in [-0.3, -0.25) is 4.90 Å². The van der Waals surface area contributed by atoms with Crippen LogP contribution in [-0.4, -0.2) is 73.0 Å². The minimum atomic E-state index is -0.373. The van der Waals surface area contributed by atoms with Crippen molar-refractivity contribution >= 4 is 0 Å². The Hall–Kier alpha value is -0.160. The molecule has 0 aromatic rings. The summed E-state index contributed by atoms with van der Waals surface area (Å²) < 4.78 is 5.57. The third-order valence-electron chi connectivity index (χ3n) is 2.77. The number of hydrogen-bond acceptors (Lipinski definition) is 4. The van der Waals surface area contributed by atoms with Crippen LogP contribution in [0, 0.1) is 0 Å². The number of β-amino-alcohol motifs (C(OH)–C–C–N with tert-alkyl or cyclic N) is 1. The van der Waals surface area contributed by atoms with Crippen LogP contribution >= 0.6 is 0 Å². The van der Waals surface area contributed by atoms with Crippen LogP contribution in [0.4, 0.5) is 0 Å². The maximum absolute atomic E-state index is 9.85. The summed E-state index contributed by atoms with van der Waals surface area (Å²) in [6.07, 6.45) is -0.373. The van der Waals surface area contributed by atoms with Crippen molar-refractivity contribution in [1.82, 2.24) is 9.80 Å². The van der Waals surface area contributed by atoms with E-state index in [0.717, 1.165) is 32.7 Å². The Morgan fingerprint density at radius 2 is 1.75 bits per heavy atom. The lowest BCUT2D eigenvalue weighted by molar-refractivity contribution is -0.0582. The predicted octanol–water partition coefficient (Wildman–Crippen LogP) is 0.410. The quantitative estimate of drug-likeness (QED) is 0.759. The van der Waals surface area contributed by atoms with E-state index in [0.29, 0.717) is 6.61 Å². The van der Waals surface area contributed by atoms with Gasteiger partial charge in [0, 0.05) is 32.7 Å². The van der Waals surface area contributed by atoms with Gasteiger partial charge in [-0.1, -0.05) is 0 Å². The first-order chi connectivity index (χ1) is 7.37. The highest BCUT2D eigenvalue weighted by atomic mass is 16.5. The fraction of sp³-hybridized carbons (Fsp3) is 1.00. The van der Waals surface area contributed by atoms with E-state index >= 15 is 0 Å². The average Bonchev–Trinajstić information content (AvgIpc) is 2.18. The van der Waals surface area contributed by atoms with Gasteiger partial charge in [-0.05, 0) is 27.8 Å². The van der Waals surface area contributed by atoms with E-state index < -0.39 is 0 Å². The van der Waals surface area contributed by atoms with E-state index in [9.17, 15) is 5.11 Å². The van der Waals surface area contributed by atoms with Gasteiger partial charge >= 0.3 is 0 Å². The Kier molecular flexibility index (Phi) is 5.18. The SMILES string of the molecule is CN1CCN(C[C@@H](O)COC(C)(C)C)CC1. The van der Waals surface area contributed by atoms with Crippen molar-refractivity contribution in [2.45, 2.75) is 32.5 Å². The smallest absolute Gasteiger partial charge is 0.0900 e. The van der Waals surface area contributed by atoms with Crippen molar-refractivity contribution in [1.29, 1.82) is 0 Å². The highest BCUT2D eigenvalue weighted by Crippen LogP contribution is 2.08. The molecular formula is C12H26N2O2. The molecule has 1 aliphatic rings. The Morgan fingerprint density at radius 1 is 1.19 bits per heavy atom. The lowest BCUT2D eigenvalue weighted by Gasteiger charge is -2.34. The molecule has 16 heavy (non-hydrogen) atoms. The van der Waals surface area contributed by atoms with Crippen molar-refractivity contribution < 1.29 is 9.84 Å². The van der Waals surface area contributed by atoms with Crippen molar-refractivity contribution in [2.75, 3.05) is 46.4 Å². The third kappa shape index (κ3) is 5.80. The summed E-state index contributed by atoms with van der Waals surface area (Å²) >= 11 is 0. The number of piperazine rings is 1. The van der Waals surface area contributed by atoms with E-state index in [2.05, 4.69) is 16.8 Å². The van der Waals surface area contributed by atoms with Gasteiger partial charge in [0.25, 0.3) is 0 Å². The van der Waals surface area contributed by atoms with Crippen molar-refractivity contribution in [3.63, 3.8) is 0 Å². The molecule has 1 N–H and O–H groups in total. The van der Waals surface area contributed by atoms with Gasteiger partial charge in [0.1, 0.15) is 0 Å². The molecule has 1 atom stereocenters. The number of hydrogen-bond donors (Lipinski definition) is 1. The van der Waals surface area contributed by atoms with E-state index in [-0.39, 0.29) is 11.7 Å². The molecule has 0 aromatic carbocycles. The molecule has 1 aliphatic heterocycles. The summed E-state index contributed by atoms with van der Waals surface area (Å²) in [5.41, 5.74) is -0.164. The lowest BCUT2D eigenvalue weighted by atomic mass is 10.2. The van der Waals surface area contributed by atoms with Crippen LogP contribution in [0.5, 0.6) is 0 Å². The molecule has 1 rings (SSSR count). The summed E-state index contributed by atoms with van der Waals surface area (Å²) in [5.74, 6) is 0. The first kappa shape index (κ1) is 13.9. The van der Waals surface area contributed by atoms with Gasteiger partial charge in [-0.15, -0.1) is 0 Å². The molecule has 0 aliphatic carbocycles. The first-order valence-electron chi connectivity index (χ1n) is 6.10. The Balaban J connectivity index is 2.16. The molecule has 0 bridgehead atoms. The Labute approximate surface area is 99.2 Å². The fourth-order valence-corrected chi connectivity index (χ4v) is 1.73. The molecule has 0 aromatic heterocycles. The number of aliphatic hydroxyl groups is 1. The lowest BCUT2D eigenvalue weighted by Crippen LogP contribution is -2.47. The number of aliphatic hydroxyl groups excluding tert-OH is 1. The number of rotatable bonds is 4. The summed E-state index contributed by atoms with van der Waals surface area (Å²) in [7, 11) is 2.14. The average molecular weight is 230 g/mol. The van der Waals surface area contributed by atoms with Crippen LogP contribution in [0.25, 0.3) is 0 Å². The van der Waals surface area contributed by atoms with Crippen LogP contribution in [0.1, 0.15) is 20.8 Å². The molecular weight excluding hydrogens is 204 g/mol. The Morgan fingerprint density at radius 3 is 2.25 bits per heavy atom. The largest absolute Gasteiger partial charge is 0.389 e. The van der Waals surface area contributed by atoms with Crippen LogP contribution in [0.2, 0.25) is 0 Å². The highest BCUT2D eigenvalue weighted by Gasteiger charge is 2.19. The third-order valence-corrected chi connectivity index (χ3v) is 2.77. The molecule has 4 heteroatoms. The molecule has 1 fully saturated rings. The van der Waals surface area contributed by atoms with Crippen molar-refractivity contribution in [2.24, 2.45) is 0 Å². The molecule has 0 unspecified atom stereocenters. The van der Waals surface area contributed by atoms with Crippen LogP contribution in [-0.2, 0) is 4.74 Å². The molecule has 0 radical (unpaired) electrons. The first-order valence-corrected chi connectivity index (χ1v) is 6.10. The molecule has 1 heterocycles. The zero-order valence-corrected chi connectivity index (χ0v) is 11.1. The van der Waals surface area contributed by atoms with Gasteiger partial charge in [0.15, 0.2) is 0 Å². The second kappa shape index (κ2) is 5.96. The second-order valence-corrected chi connectivity index (χ2v) is 5.68. The van der Waals surface area contributed by atoms with E-state index in [4.69, 9.17) is 4.74 Å². The van der Waals surface area contributed by atoms with E-state index in [1.165, 1.54) is 0 Å². The number of nitrogens with zero attached hydrogens (tertiary/aromatic N) is 2. The second-order valence-electron chi connectivity index (χ2n) is 5.68. The van der Waals surface area contributed by atoms with Crippen molar-refractivity contribution in [3.05, 3.63) is 0 Å². The number of ether oxygens (including phenoxy) is 1. The fourth-order valence-electron chi connectivity index (χ4n) is 1.73. The number of likely N-dealkylation sites (N-methyl/N-ethyl adjacent to an activating group) is 1. The summed E-state index contributed by atoms with van der Waals surface area (Å²) in [5, 5.41) is 9.85. The van der Waals surface area contributed by atoms with Crippen molar-refractivity contribution in [3.8, 4) is 0 Å². The van der Waals surface area contributed by atoms with Crippen LogP contribution < -0.4 is 0 Å². The topological polar surface area (TPSA) is 35.9 Å². The Bertz CT molecular complexity index is 196. The predicted molar refractivity (Wildman–Crippen MR) is 65.6 cm³/mol. The molecule has 96 valence electrons. The van der Waals surface area contributed by atoms with Gasteiger partial charge in [-0.2, -0.15) is 0 Å². The van der Waals surface area contributed by atoms with E-state index in [1.807, 2.05) is 20.8 Å². The summed E-state index contributed by atoms with van der Waals surface area (Å²) in [4.78, 5) is 4.62. The normalized spacial score (nSPS) is 22.3. The maximum Gasteiger partial charge on any atom is 0.0900 e. The molecule has 1 saturated heterocycles. The maximum atomic E-state index is 9.85. The molecule has 0 saturated carbocycles. The highest BCUT2D eigenvalue weighted by molar-refractivity contribution is 4.72. The van der Waals surface area contributed by atoms with E-state index in [1.54, 1.807) is 0 Å². The zero-order chi connectivity index (χ0) is 12.2. The van der Waals surface area contributed by atoms with Crippen LogP contribution in [0.15, 0.2) is 0 Å². The summed E-state index contributed by atoms with van der Waals surface area (Å²) in [6.45, 7) is 11.5. The molecule has 0 amide bonds. The van der Waals surface area contributed by atoms with Crippen LogP contribution in [0.3, 0.4) is 0 Å². The minimum absolute atomic E-state index is 0.164. The minimum Gasteiger partial charge on any atom is -0.389 e. The van der Waals surface area contributed by atoms with Gasteiger partial charge in [-0.25, -0.2) is 0 Å². The molecule has 4 nitrogen and oxygen atoms in total. The zero-order valence-electron chi connectivity index (χ0n) is 11.1. The molecule has 0 spiro atoms.